The minimum absolute atomic E-state index is 0.0826. The van der Waals surface area contributed by atoms with E-state index in [0.29, 0.717) is 39.0 Å². The molecule has 0 aliphatic heterocycles. The molecule has 0 saturated heterocycles. The first-order chi connectivity index (χ1) is 14.2. The molecular formula is C19H11ClFN7O. The highest BCUT2D eigenvalue weighted by Gasteiger charge is 2.10. The van der Waals surface area contributed by atoms with Crippen LogP contribution in [-0.2, 0) is 0 Å². The average molecular weight is 408 g/mol. The zero-order chi connectivity index (χ0) is 19.8. The Bertz CT molecular complexity index is 1360. The third-order valence-electron chi connectivity index (χ3n) is 4.16. The minimum atomic E-state index is -0.533. The van der Waals surface area contributed by atoms with E-state index in [2.05, 4.69) is 30.4 Å². The summed E-state index contributed by atoms with van der Waals surface area (Å²) < 4.78 is 21.8. The molecule has 0 fully saturated rings. The van der Waals surface area contributed by atoms with E-state index in [1.165, 1.54) is 24.8 Å². The van der Waals surface area contributed by atoms with Gasteiger partial charge in [0.15, 0.2) is 17.2 Å². The number of halogens is 2. The Morgan fingerprint density at radius 3 is 2.83 bits per heavy atom. The maximum Gasteiger partial charge on any atom is 0.167 e. The molecule has 4 heterocycles. The van der Waals surface area contributed by atoms with Gasteiger partial charge in [-0.05, 0) is 24.3 Å². The zero-order valence-corrected chi connectivity index (χ0v) is 15.4. The Balaban J connectivity index is 1.42. The highest BCUT2D eigenvalue weighted by Crippen LogP contribution is 2.29. The van der Waals surface area contributed by atoms with Crippen LogP contribution in [0.25, 0.3) is 16.6 Å². The number of fused-ring (bicyclic) bond motifs is 2. The SMILES string of the molecule is Fc1cc(Nc2ncnc3cnc(Cl)cc23)ccc1Oc1ccn2ncnc2c1. The Kier molecular flexibility index (Phi) is 4.14. The van der Waals surface area contributed by atoms with Gasteiger partial charge in [-0.25, -0.2) is 28.8 Å². The standard InChI is InChI=1S/C19H11ClFN7O/c20-17-7-13-15(8-22-17)23-9-25-19(13)27-11-1-2-16(14(21)5-11)29-12-3-4-28-18(6-12)24-10-26-28/h1-10H,(H,23,25,27). The van der Waals surface area contributed by atoms with Gasteiger partial charge in [-0.1, -0.05) is 11.6 Å². The summed E-state index contributed by atoms with van der Waals surface area (Å²) in [4.78, 5) is 16.4. The van der Waals surface area contributed by atoms with E-state index in [9.17, 15) is 4.39 Å². The molecule has 5 rings (SSSR count). The van der Waals surface area contributed by atoms with Crippen LogP contribution in [0, 0.1) is 5.82 Å². The molecule has 1 aromatic carbocycles. The van der Waals surface area contributed by atoms with Crippen molar-refractivity contribution in [3.63, 3.8) is 0 Å². The second-order valence-corrected chi connectivity index (χ2v) is 6.43. The van der Waals surface area contributed by atoms with Crippen molar-refractivity contribution in [2.75, 3.05) is 5.32 Å². The van der Waals surface area contributed by atoms with E-state index in [-0.39, 0.29) is 5.75 Å². The number of ether oxygens (including phenoxy) is 1. The van der Waals surface area contributed by atoms with Gasteiger partial charge in [0.05, 0.1) is 11.7 Å². The van der Waals surface area contributed by atoms with Crippen molar-refractivity contribution in [2.24, 2.45) is 0 Å². The number of benzene rings is 1. The van der Waals surface area contributed by atoms with Crippen LogP contribution in [0.4, 0.5) is 15.9 Å². The van der Waals surface area contributed by atoms with Crippen LogP contribution in [0.15, 0.2) is 61.4 Å². The first-order valence-corrected chi connectivity index (χ1v) is 8.83. The van der Waals surface area contributed by atoms with Gasteiger partial charge in [-0.3, -0.25) is 0 Å². The highest BCUT2D eigenvalue weighted by molar-refractivity contribution is 6.30. The van der Waals surface area contributed by atoms with E-state index < -0.39 is 5.82 Å². The molecule has 0 spiro atoms. The summed E-state index contributed by atoms with van der Waals surface area (Å²) in [5.74, 6) is 0.493. The first kappa shape index (κ1) is 17.3. The first-order valence-electron chi connectivity index (χ1n) is 8.46. The number of aromatic nitrogens is 6. The zero-order valence-electron chi connectivity index (χ0n) is 14.6. The van der Waals surface area contributed by atoms with E-state index in [1.54, 1.807) is 41.2 Å². The summed E-state index contributed by atoms with van der Waals surface area (Å²) in [7, 11) is 0. The maximum atomic E-state index is 14.6. The Hall–Kier alpha value is -3.85. The number of anilines is 2. The summed E-state index contributed by atoms with van der Waals surface area (Å²) in [5, 5.41) is 8.07. The van der Waals surface area contributed by atoms with Crippen molar-refractivity contribution < 1.29 is 9.13 Å². The Morgan fingerprint density at radius 1 is 1.00 bits per heavy atom. The molecule has 29 heavy (non-hydrogen) atoms. The largest absolute Gasteiger partial charge is 0.454 e. The molecule has 0 saturated carbocycles. The number of nitrogens with zero attached hydrogens (tertiary/aromatic N) is 6. The van der Waals surface area contributed by atoms with Gasteiger partial charge in [-0.2, -0.15) is 5.10 Å². The van der Waals surface area contributed by atoms with Crippen molar-refractivity contribution in [3.05, 3.63) is 72.4 Å². The monoisotopic (exact) mass is 407 g/mol. The number of pyridine rings is 2. The lowest BCUT2D eigenvalue weighted by molar-refractivity contribution is 0.442. The van der Waals surface area contributed by atoms with Crippen LogP contribution >= 0.6 is 11.6 Å². The van der Waals surface area contributed by atoms with E-state index >= 15 is 0 Å². The van der Waals surface area contributed by atoms with Crippen LogP contribution in [0.5, 0.6) is 11.5 Å². The molecule has 0 amide bonds. The highest BCUT2D eigenvalue weighted by atomic mass is 35.5. The summed E-state index contributed by atoms with van der Waals surface area (Å²) in [5.41, 5.74) is 1.72. The molecule has 0 aliphatic carbocycles. The van der Waals surface area contributed by atoms with Gasteiger partial charge in [-0.15, -0.1) is 0 Å². The fourth-order valence-corrected chi connectivity index (χ4v) is 2.98. The molecule has 0 aliphatic rings. The van der Waals surface area contributed by atoms with Crippen LogP contribution in [0.1, 0.15) is 0 Å². The lowest BCUT2D eigenvalue weighted by atomic mass is 10.2. The minimum Gasteiger partial charge on any atom is -0.454 e. The lowest BCUT2D eigenvalue weighted by Gasteiger charge is -2.11. The molecule has 0 unspecified atom stereocenters. The molecule has 10 heteroatoms. The Labute approximate surface area is 168 Å². The van der Waals surface area contributed by atoms with Crippen molar-refractivity contribution in [3.8, 4) is 11.5 Å². The predicted molar refractivity (Wildman–Crippen MR) is 105 cm³/mol. The van der Waals surface area contributed by atoms with E-state index in [0.717, 1.165) is 0 Å². The van der Waals surface area contributed by atoms with Crippen molar-refractivity contribution >= 4 is 39.7 Å². The number of hydrogen-bond donors (Lipinski definition) is 1. The summed E-state index contributed by atoms with van der Waals surface area (Å²) in [6, 6.07) is 9.53. The number of hydrogen-bond acceptors (Lipinski definition) is 7. The molecule has 5 aromatic rings. The molecule has 0 radical (unpaired) electrons. The van der Waals surface area contributed by atoms with Crippen molar-refractivity contribution in [2.45, 2.75) is 0 Å². The van der Waals surface area contributed by atoms with E-state index in [4.69, 9.17) is 16.3 Å². The van der Waals surface area contributed by atoms with Gasteiger partial charge in [0, 0.05) is 29.4 Å². The molecule has 142 valence electrons. The van der Waals surface area contributed by atoms with E-state index in [1.807, 2.05) is 0 Å². The van der Waals surface area contributed by atoms with Crippen LogP contribution < -0.4 is 10.1 Å². The molecule has 0 atom stereocenters. The third-order valence-corrected chi connectivity index (χ3v) is 4.37. The van der Waals surface area contributed by atoms with Gasteiger partial charge >= 0.3 is 0 Å². The fourth-order valence-electron chi connectivity index (χ4n) is 2.82. The topological polar surface area (TPSA) is 90.1 Å². The average Bonchev–Trinajstić information content (AvgIpc) is 3.18. The normalized spacial score (nSPS) is 11.1. The number of rotatable bonds is 4. The molecular weight excluding hydrogens is 397 g/mol. The summed E-state index contributed by atoms with van der Waals surface area (Å²) in [6.07, 6.45) is 6.06. The summed E-state index contributed by atoms with van der Waals surface area (Å²) >= 11 is 5.96. The van der Waals surface area contributed by atoms with Gasteiger partial charge in [0.2, 0.25) is 0 Å². The summed E-state index contributed by atoms with van der Waals surface area (Å²) in [6.45, 7) is 0. The van der Waals surface area contributed by atoms with Crippen LogP contribution in [0.2, 0.25) is 5.15 Å². The second-order valence-electron chi connectivity index (χ2n) is 6.04. The predicted octanol–water partition coefficient (Wildman–Crippen LogP) is 4.40. The lowest BCUT2D eigenvalue weighted by Crippen LogP contribution is -1.98. The second kappa shape index (κ2) is 6.95. The maximum absolute atomic E-state index is 14.6. The van der Waals surface area contributed by atoms with Gasteiger partial charge in [0.25, 0.3) is 0 Å². The van der Waals surface area contributed by atoms with Crippen LogP contribution in [-0.4, -0.2) is 29.5 Å². The number of nitrogens with one attached hydrogen (secondary N) is 1. The van der Waals surface area contributed by atoms with Crippen molar-refractivity contribution in [1.29, 1.82) is 0 Å². The quantitative estimate of drug-likeness (QED) is 0.441. The smallest absolute Gasteiger partial charge is 0.167 e. The Morgan fingerprint density at radius 2 is 1.93 bits per heavy atom. The van der Waals surface area contributed by atoms with Crippen molar-refractivity contribution in [1.82, 2.24) is 29.5 Å². The molecule has 4 aromatic heterocycles. The molecule has 8 nitrogen and oxygen atoms in total. The van der Waals surface area contributed by atoms with Gasteiger partial charge < -0.3 is 10.1 Å². The third kappa shape index (κ3) is 3.39. The molecule has 0 bridgehead atoms. The molecule has 1 N–H and O–H groups in total. The van der Waals surface area contributed by atoms with Gasteiger partial charge in [0.1, 0.15) is 29.4 Å². The van der Waals surface area contributed by atoms with Crippen LogP contribution in [0.3, 0.4) is 0 Å². The fraction of sp³-hybridized carbons (Fsp3) is 0.